The van der Waals surface area contributed by atoms with Gasteiger partial charge in [0.05, 0.1) is 35.8 Å². The monoisotopic (exact) mass is 421 g/mol. The lowest BCUT2D eigenvalue weighted by atomic mass is 9.95. The fourth-order valence-electron chi connectivity index (χ4n) is 4.01. The molecule has 1 unspecified atom stereocenters. The molecule has 8 heteroatoms. The summed E-state index contributed by atoms with van der Waals surface area (Å²) in [5.74, 6) is 0.427. The molecule has 1 amide bonds. The van der Waals surface area contributed by atoms with Crippen LogP contribution in [-0.4, -0.2) is 55.1 Å². The van der Waals surface area contributed by atoms with E-state index in [1.165, 1.54) is 4.80 Å². The Balaban J connectivity index is 1.52. The first kappa shape index (κ1) is 21.0. The standard InChI is InChI=1S/C23H27N5O3/c1-16-19(23(2,3)30)10-11-24-21(16)31-17-7-6-14-27(15-17)22(29)18-8-4-5-9-20(18)28-25-12-13-26-28/h4-5,8-13,17,30H,6-7,14-15H2,1-3H3. The van der Waals surface area contributed by atoms with Crippen molar-refractivity contribution in [2.45, 2.75) is 45.3 Å². The van der Waals surface area contributed by atoms with Crippen LogP contribution >= 0.6 is 0 Å². The van der Waals surface area contributed by atoms with E-state index in [0.717, 1.165) is 24.0 Å². The summed E-state index contributed by atoms with van der Waals surface area (Å²) in [5, 5.41) is 18.7. The molecule has 0 radical (unpaired) electrons. The lowest BCUT2D eigenvalue weighted by molar-refractivity contribution is 0.0520. The van der Waals surface area contributed by atoms with E-state index in [-0.39, 0.29) is 12.0 Å². The number of carbonyl (C=O) groups excluding carboxylic acids is 1. The van der Waals surface area contributed by atoms with Crippen molar-refractivity contribution in [3.8, 4) is 11.6 Å². The van der Waals surface area contributed by atoms with Crippen LogP contribution in [0.15, 0.2) is 48.9 Å². The van der Waals surface area contributed by atoms with E-state index in [0.29, 0.717) is 30.2 Å². The van der Waals surface area contributed by atoms with Gasteiger partial charge in [0.25, 0.3) is 5.91 Å². The maximum absolute atomic E-state index is 13.3. The van der Waals surface area contributed by atoms with Crippen LogP contribution in [0.2, 0.25) is 0 Å². The minimum Gasteiger partial charge on any atom is -0.472 e. The van der Waals surface area contributed by atoms with Gasteiger partial charge in [0.1, 0.15) is 6.10 Å². The average molecular weight is 422 g/mol. The fraction of sp³-hybridized carbons (Fsp3) is 0.391. The highest BCUT2D eigenvalue weighted by atomic mass is 16.5. The fourth-order valence-corrected chi connectivity index (χ4v) is 4.01. The zero-order valence-electron chi connectivity index (χ0n) is 18.0. The van der Waals surface area contributed by atoms with Crippen molar-refractivity contribution in [1.82, 2.24) is 24.9 Å². The van der Waals surface area contributed by atoms with Gasteiger partial charge in [0.15, 0.2) is 0 Å². The molecule has 1 N–H and O–H groups in total. The number of hydrogen-bond donors (Lipinski definition) is 1. The molecule has 1 aliphatic rings. The Hall–Kier alpha value is -3.26. The van der Waals surface area contributed by atoms with Crippen LogP contribution in [0.1, 0.15) is 48.2 Å². The van der Waals surface area contributed by atoms with Crippen molar-refractivity contribution in [3.63, 3.8) is 0 Å². The van der Waals surface area contributed by atoms with Crippen LogP contribution in [-0.2, 0) is 5.60 Å². The molecule has 3 heterocycles. The molecule has 162 valence electrons. The Morgan fingerprint density at radius 3 is 2.65 bits per heavy atom. The zero-order valence-corrected chi connectivity index (χ0v) is 18.0. The number of hydrogen-bond acceptors (Lipinski definition) is 6. The molecule has 0 spiro atoms. The van der Waals surface area contributed by atoms with E-state index in [4.69, 9.17) is 4.74 Å². The van der Waals surface area contributed by atoms with Crippen molar-refractivity contribution in [2.75, 3.05) is 13.1 Å². The van der Waals surface area contributed by atoms with Crippen LogP contribution in [0.3, 0.4) is 0 Å². The van der Waals surface area contributed by atoms with Gasteiger partial charge in [-0.25, -0.2) is 4.98 Å². The minimum atomic E-state index is -0.982. The van der Waals surface area contributed by atoms with E-state index >= 15 is 0 Å². The number of aliphatic hydroxyl groups is 1. The van der Waals surface area contributed by atoms with E-state index in [1.807, 2.05) is 30.0 Å². The van der Waals surface area contributed by atoms with Gasteiger partial charge >= 0.3 is 0 Å². The van der Waals surface area contributed by atoms with E-state index in [2.05, 4.69) is 15.2 Å². The largest absolute Gasteiger partial charge is 0.472 e. The normalized spacial score (nSPS) is 16.9. The summed E-state index contributed by atoms with van der Waals surface area (Å²) in [6.45, 7) is 6.51. The molecule has 1 atom stereocenters. The first-order valence-corrected chi connectivity index (χ1v) is 10.4. The van der Waals surface area contributed by atoms with E-state index in [1.54, 1.807) is 44.6 Å². The number of likely N-dealkylation sites (tertiary alicyclic amines) is 1. The SMILES string of the molecule is Cc1c(C(C)(C)O)ccnc1OC1CCCN(C(=O)c2ccccc2-n2nccn2)C1. The number of para-hydroxylation sites is 1. The van der Waals surface area contributed by atoms with Crippen LogP contribution in [0.5, 0.6) is 5.88 Å². The molecular formula is C23H27N5O3. The highest BCUT2D eigenvalue weighted by Gasteiger charge is 2.29. The highest BCUT2D eigenvalue weighted by molar-refractivity contribution is 5.97. The molecule has 1 saturated heterocycles. The molecule has 0 aliphatic carbocycles. The lowest BCUT2D eigenvalue weighted by Gasteiger charge is -2.33. The van der Waals surface area contributed by atoms with Gasteiger partial charge in [0.2, 0.25) is 5.88 Å². The molecule has 4 rings (SSSR count). The maximum Gasteiger partial charge on any atom is 0.256 e. The molecule has 1 fully saturated rings. The Morgan fingerprint density at radius 1 is 1.16 bits per heavy atom. The molecule has 0 bridgehead atoms. The van der Waals surface area contributed by atoms with Crippen LogP contribution in [0.25, 0.3) is 5.69 Å². The van der Waals surface area contributed by atoms with Crippen LogP contribution in [0, 0.1) is 6.92 Å². The zero-order chi connectivity index (χ0) is 22.0. The number of rotatable bonds is 5. The van der Waals surface area contributed by atoms with Crippen molar-refractivity contribution in [3.05, 3.63) is 65.6 Å². The van der Waals surface area contributed by atoms with Gasteiger partial charge in [-0.3, -0.25) is 4.79 Å². The molecule has 31 heavy (non-hydrogen) atoms. The molecular weight excluding hydrogens is 394 g/mol. The number of benzene rings is 1. The predicted molar refractivity (Wildman–Crippen MR) is 115 cm³/mol. The van der Waals surface area contributed by atoms with Crippen molar-refractivity contribution in [1.29, 1.82) is 0 Å². The lowest BCUT2D eigenvalue weighted by Crippen LogP contribution is -2.44. The Morgan fingerprint density at radius 2 is 1.90 bits per heavy atom. The van der Waals surface area contributed by atoms with Crippen LogP contribution in [0.4, 0.5) is 0 Å². The minimum absolute atomic E-state index is 0.0730. The number of ether oxygens (including phenoxy) is 1. The second kappa shape index (κ2) is 8.47. The number of piperidine rings is 1. The van der Waals surface area contributed by atoms with Crippen molar-refractivity contribution < 1.29 is 14.6 Å². The quantitative estimate of drug-likeness (QED) is 0.681. The second-order valence-corrected chi connectivity index (χ2v) is 8.32. The first-order valence-electron chi connectivity index (χ1n) is 10.4. The highest BCUT2D eigenvalue weighted by Crippen LogP contribution is 2.29. The van der Waals surface area contributed by atoms with Crippen molar-refractivity contribution in [2.24, 2.45) is 0 Å². The molecule has 8 nitrogen and oxygen atoms in total. The second-order valence-electron chi connectivity index (χ2n) is 8.32. The topological polar surface area (TPSA) is 93.4 Å². The number of nitrogens with zero attached hydrogens (tertiary/aromatic N) is 5. The molecule has 1 aliphatic heterocycles. The van der Waals surface area contributed by atoms with Gasteiger partial charge < -0.3 is 14.7 Å². The summed E-state index contributed by atoms with van der Waals surface area (Å²) >= 11 is 0. The Labute approximate surface area is 181 Å². The summed E-state index contributed by atoms with van der Waals surface area (Å²) in [4.78, 5) is 21.0. The number of pyridine rings is 1. The van der Waals surface area contributed by atoms with Gasteiger partial charge in [-0.15, -0.1) is 0 Å². The van der Waals surface area contributed by atoms with Crippen molar-refractivity contribution >= 4 is 5.91 Å². The summed E-state index contributed by atoms with van der Waals surface area (Å²) in [6, 6.07) is 9.14. The van der Waals surface area contributed by atoms with Crippen LogP contribution < -0.4 is 4.74 Å². The van der Waals surface area contributed by atoms with Gasteiger partial charge in [-0.1, -0.05) is 12.1 Å². The molecule has 3 aromatic rings. The number of aromatic nitrogens is 4. The maximum atomic E-state index is 13.3. The molecule has 0 saturated carbocycles. The third kappa shape index (κ3) is 4.44. The first-order chi connectivity index (χ1) is 14.8. The van der Waals surface area contributed by atoms with Gasteiger partial charge in [-0.2, -0.15) is 15.0 Å². The number of amides is 1. The summed E-state index contributed by atoms with van der Waals surface area (Å²) in [5.41, 5.74) is 1.81. The third-order valence-electron chi connectivity index (χ3n) is 5.53. The summed E-state index contributed by atoms with van der Waals surface area (Å²) in [6.07, 6.45) is 6.32. The Kier molecular flexibility index (Phi) is 5.73. The van der Waals surface area contributed by atoms with E-state index < -0.39 is 5.60 Å². The summed E-state index contributed by atoms with van der Waals surface area (Å²) in [7, 11) is 0. The predicted octanol–water partition coefficient (Wildman–Crippen LogP) is 2.88. The number of carbonyl (C=O) groups is 1. The Bertz CT molecular complexity index is 1060. The van der Waals surface area contributed by atoms with Gasteiger partial charge in [0, 0.05) is 18.3 Å². The molecule has 2 aromatic heterocycles. The van der Waals surface area contributed by atoms with E-state index in [9.17, 15) is 9.90 Å². The smallest absolute Gasteiger partial charge is 0.256 e. The summed E-state index contributed by atoms with van der Waals surface area (Å²) < 4.78 is 6.19. The third-order valence-corrected chi connectivity index (χ3v) is 5.53. The molecule has 1 aromatic carbocycles. The average Bonchev–Trinajstić information content (AvgIpc) is 3.29. The van der Waals surface area contributed by atoms with Gasteiger partial charge in [-0.05, 0) is 57.4 Å².